The molecule has 0 atom stereocenters. The lowest BCUT2D eigenvalue weighted by Crippen LogP contribution is -2.27. The molecular formula is C20H19BrN4O2S. The summed E-state index contributed by atoms with van der Waals surface area (Å²) in [5.74, 6) is -0.366. The third-order valence-corrected chi connectivity index (χ3v) is 5.56. The maximum atomic E-state index is 12.3. The topological polar surface area (TPSA) is 76.0 Å². The lowest BCUT2D eigenvalue weighted by molar-refractivity contribution is -0.116. The van der Waals surface area contributed by atoms with Crippen molar-refractivity contribution in [2.45, 2.75) is 16.5 Å². The van der Waals surface area contributed by atoms with Crippen molar-refractivity contribution < 1.29 is 9.59 Å². The number of aryl methyl sites for hydroxylation is 1. The number of halogens is 1. The third-order valence-electron chi connectivity index (χ3n) is 3.88. The molecule has 0 aliphatic rings. The summed E-state index contributed by atoms with van der Waals surface area (Å²) in [6.45, 7) is 0.259. The molecule has 2 aromatic carbocycles. The van der Waals surface area contributed by atoms with Gasteiger partial charge in [0.2, 0.25) is 5.91 Å². The second-order valence-corrected chi connectivity index (χ2v) is 7.90. The van der Waals surface area contributed by atoms with Crippen LogP contribution in [0.1, 0.15) is 16.8 Å². The maximum Gasteiger partial charge on any atom is 0.251 e. The Hall–Kier alpha value is -2.58. The van der Waals surface area contributed by atoms with E-state index in [9.17, 15) is 9.59 Å². The molecule has 3 rings (SSSR count). The van der Waals surface area contributed by atoms with Crippen molar-refractivity contribution in [3.05, 3.63) is 71.0 Å². The molecule has 28 heavy (non-hydrogen) atoms. The van der Waals surface area contributed by atoms with Crippen LogP contribution in [0.3, 0.4) is 0 Å². The highest BCUT2D eigenvalue weighted by molar-refractivity contribution is 9.10. The maximum absolute atomic E-state index is 12.3. The van der Waals surface area contributed by atoms with Crippen LogP contribution in [0.4, 0.5) is 5.69 Å². The van der Waals surface area contributed by atoms with E-state index in [0.29, 0.717) is 5.56 Å². The third kappa shape index (κ3) is 5.46. The minimum absolute atomic E-state index is 0.163. The molecular weight excluding hydrogens is 440 g/mol. The fourth-order valence-corrected chi connectivity index (χ4v) is 3.57. The van der Waals surface area contributed by atoms with E-state index in [1.54, 1.807) is 30.5 Å². The zero-order valence-corrected chi connectivity index (χ0v) is 17.6. The number of benzene rings is 2. The normalized spacial score (nSPS) is 10.5. The van der Waals surface area contributed by atoms with Gasteiger partial charge in [-0.25, -0.2) is 4.98 Å². The summed E-state index contributed by atoms with van der Waals surface area (Å²) in [5, 5.41) is 6.51. The highest BCUT2D eigenvalue weighted by atomic mass is 79.9. The second-order valence-electron chi connectivity index (χ2n) is 5.98. The minimum atomic E-state index is -0.203. The first-order valence-electron chi connectivity index (χ1n) is 8.61. The largest absolute Gasteiger partial charge is 0.352 e. The van der Waals surface area contributed by atoms with Crippen molar-refractivity contribution in [2.24, 2.45) is 7.05 Å². The van der Waals surface area contributed by atoms with Crippen LogP contribution < -0.4 is 10.6 Å². The van der Waals surface area contributed by atoms with E-state index in [0.717, 1.165) is 20.2 Å². The summed E-state index contributed by atoms with van der Waals surface area (Å²) in [5.41, 5.74) is 1.28. The van der Waals surface area contributed by atoms with Crippen LogP contribution in [0.5, 0.6) is 0 Å². The van der Waals surface area contributed by atoms with Crippen molar-refractivity contribution >= 4 is 45.2 Å². The summed E-state index contributed by atoms with van der Waals surface area (Å²) in [6.07, 6.45) is 3.79. The Morgan fingerprint density at radius 1 is 1.14 bits per heavy atom. The summed E-state index contributed by atoms with van der Waals surface area (Å²) < 4.78 is 2.83. The molecule has 0 bridgehead atoms. The molecule has 1 heterocycles. The molecule has 0 spiro atoms. The van der Waals surface area contributed by atoms with Crippen molar-refractivity contribution in [3.63, 3.8) is 0 Å². The minimum Gasteiger partial charge on any atom is -0.352 e. The fourth-order valence-electron chi connectivity index (χ4n) is 2.41. The lowest BCUT2D eigenvalue weighted by Gasteiger charge is -2.11. The average molecular weight is 459 g/mol. The molecule has 0 unspecified atom stereocenters. The molecule has 8 heteroatoms. The molecule has 144 valence electrons. The van der Waals surface area contributed by atoms with Crippen LogP contribution in [-0.2, 0) is 11.8 Å². The van der Waals surface area contributed by atoms with Crippen LogP contribution in [0.2, 0.25) is 0 Å². The number of carbonyl (C=O) groups is 2. The van der Waals surface area contributed by atoms with Gasteiger partial charge in [-0.2, -0.15) is 0 Å². The first-order chi connectivity index (χ1) is 13.5. The van der Waals surface area contributed by atoms with Crippen LogP contribution >= 0.6 is 27.7 Å². The van der Waals surface area contributed by atoms with E-state index in [-0.39, 0.29) is 24.8 Å². The first-order valence-corrected chi connectivity index (χ1v) is 10.2. The number of carbonyl (C=O) groups excluding carboxylic acids is 2. The van der Waals surface area contributed by atoms with Crippen molar-refractivity contribution in [3.8, 4) is 0 Å². The predicted octanol–water partition coefficient (Wildman–Crippen LogP) is 4.09. The SMILES string of the molecule is Cn1ccnc1Sc1ccccc1NC(=O)CCNC(=O)c1ccc(Br)cc1. The summed E-state index contributed by atoms with van der Waals surface area (Å²) in [6, 6.07) is 14.6. The zero-order valence-electron chi connectivity index (χ0n) is 15.2. The number of aromatic nitrogens is 2. The van der Waals surface area contributed by atoms with Gasteiger partial charge < -0.3 is 15.2 Å². The van der Waals surface area contributed by atoms with Gasteiger partial charge in [0.1, 0.15) is 0 Å². The van der Waals surface area contributed by atoms with E-state index in [2.05, 4.69) is 31.5 Å². The van der Waals surface area contributed by atoms with Crippen molar-refractivity contribution in [1.29, 1.82) is 0 Å². The van der Waals surface area contributed by atoms with Gasteiger partial charge in [0.15, 0.2) is 5.16 Å². The summed E-state index contributed by atoms with van der Waals surface area (Å²) >= 11 is 4.81. The highest BCUT2D eigenvalue weighted by Gasteiger charge is 2.11. The molecule has 0 saturated carbocycles. The number of rotatable bonds is 7. The molecule has 2 N–H and O–H groups in total. The van der Waals surface area contributed by atoms with E-state index < -0.39 is 0 Å². The molecule has 3 aromatic rings. The molecule has 0 fully saturated rings. The Balaban J connectivity index is 1.53. The monoisotopic (exact) mass is 458 g/mol. The molecule has 0 aliphatic carbocycles. The molecule has 1 aromatic heterocycles. The van der Waals surface area contributed by atoms with Crippen LogP contribution in [0, 0.1) is 0 Å². The molecule has 2 amide bonds. The number of anilines is 1. The molecule has 6 nitrogen and oxygen atoms in total. The van der Waals surface area contributed by atoms with E-state index in [1.807, 2.05) is 42.1 Å². The van der Waals surface area contributed by atoms with E-state index >= 15 is 0 Å². The lowest BCUT2D eigenvalue weighted by atomic mass is 10.2. The molecule has 0 radical (unpaired) electrons. The second kappa shape index (κ2) is 9.57. The van der Waals surface area contributed by atoms with E-state index in [4.69, 9.17) is 0 Å². The van der Waals surface area contributed by atoms with Gasteiger partial charge in [0.05, 0.1) is 5.69 Å². The number of hydrogen-bond donors (Lipinski definition) is 2. The number of nitrogens with zero attached hydrogens (tertiary/aromatic N) is 2. The van der Waals surface area contributed by atoms with Crippen LogP contribution in [0.15, 0.2) is 75.4 Å². The van der Waals surface area contributed by atoms with Gasteiger partial charge in [-0.15, -0.1) is 0 Å². The quantitative estimate of drug-likeness (QED) is 0.558. The Labute approximate surface area is 175 Å². The van der Waals surface area contributed by atoms with Gasteiger partial charge in [0, 0.05) is 47.3 Å². The summed E-state index contributed by atoms with van der Waals surface area (Å²) in [4.78, 5) is 29.6. The Bertz CT molecular complexity index is 972. The van der Waals surface area contributed by atoms with Crippen molar-refractivity contribution in [1.82, 2.24) is 14.9 Å². The van der Waals surface area contributed by atoms with Crippen molar-refractivity contribution in [2.75, 3.05) is 11.9 Å². The number of para-hydroxylation sites is 1. The highest BCUT2D eigenvalue weighted by Crippen LogP contribution is 2.32. The van der Waals surface area contributed by atoms with Gasteiger partial charge in [-0.05, 0) is 48.2 Å². The first kappa shape index (κ1) is 20.2. The van der Waals surface area contributed by atoms with Crippen LogP contribution in [0.25, 0.3) is 0 Å². The standard InChI is InChI=1S/C20H19BrN4O2S/c1-25-13-12-23-20(25)28-17-5-3-2-4-16(17)24-18(26)10-11-22-19(27)14-6-8-15(21)9-7-14/h2-9,12-13H,10-11H2,1H3,(H,22,27)(H,24,26). The summed E-state index contributed by atoms with van der Waals surface area (Å²) in [7, 11) is 1.92. The molecule has 0 aliphatic heterocycles. The Morgan fingerprint density at radius 3 is 2.61 bits per heavy atom. The van der Waals surface area contributed by atoms with Gasteiger partial charge >= 0.3 is 0 Å². The van der Waals surface area contributed by atoms with Gasteiger partial charge in [-0.1, -0.05) is 28.1 Å². The number of nitrogens with one attached hydrogen (secondary N) is 2. The zero-order chi connectivity index (χ0) is 19.9. The van der Waals surface area contributed by atoms with E-state index in [1.165, 1.54) is 11.8 Å². The Kier molecular flexibility index (Phi) is 6.89. The van der Waals surface area contributed by atoms with Crippen LogP contribution in [-0.4, -0.2) is 27.9 Å². The number of amides is 2. The smallest absolute Gasteiger partial charge is 0.251 e. The number of hydrogen-bond acceptors (Lipinski definition) is 4. The van der Waals surface area contributed by atoms with Gasteiger partial charge in [-0.3, -0.25) is 9.59 Å². The number of imidazole rings is 1. The predicted molar refractivity (Wildman–Crippen MR) is 113 cm³/mol. The average Bonchev–Trinajstić information content (AvgIpc) is 3.08. The molecule has 0 saturated heterocycles. The van der Waals surface area contributed by atoms with Gasteiger partial charge in [0.25, 0.3) is 5.91 Å². The fraction of sp³-hybridized carbons (Fsp3) is 0.150. The Morgan fingerprint density at radius 2 is 1.89 bits per heavy atom.